The molecule has 38 heavy (non-hydrogen) atoms. The number of anilines is 2. The number of rotatable bonds is 6. The number of carbonyl (C=O) groups excluding carboxylic acids is 3. The SMILES string of the molecule is O=C(Nc1cc(C(=O)N2CCNCC2)ccc1N1CCCN(C(=O)Cc2ccccc2)CC1)C1CCCC1. The van der Waals surface area contributed by atoms with Crippen LogP contribution in [0.2, 0.25) is 0 Å². The lowest BCUT2D eigenvalue weighted by atomic mass is 10.1. The first-order valence-corrected chi connectivity index (χ1v) is 14.1. The van der Waals surface area contributed by atoms with Crippen LogP contribution in [0.15, 0.2) is 48.5 Å². The number of hydrogen-bond acceptors (Lipinski definition) is 5. The van der Waals surface area contributed by atoms with Gasteiger partial charge in [0.1, 0.15) is 0 Å². The first-order valence-electron chi connectivity index (χ1n) is 14.1. The molecule has 2 aromatic carbocycles. The highest BCUT2D eigenvalue weighted by Crippen LogP contribution is 2.32. The van der Waals surface area contributed by atoms with Gasteiger partial charge in [0, 0.05) is 63.8 Å². The average Bonchev–Trinajstić information content (AvgIpc) is 3.39. The minimum atomic E-state index is 0.00275. The van der Waals surface area contributed by atoms with Crippen molar-refractivity contribution in [2.45, 2.75) is 38.5 Å². The van der Waals surface area contributed by atoms with Crippen LogP contribution in [0.1, 0.15) is 48.0 Å². The lowest BCUT2D eigenvalue weighted by Gasteiger charge is -2.29. The summed E-state index contributed by atoms with van der Waals surface area (Å²) >= 11 is 0. The third kappa shape index (κ3) is 6.35. The molecule has 2 heterocycles. The van der Waals surface area contributed by atoms with Crippen molar-refractivity contribution >= 4 is 29.1 Å². The molecular weight excluding hydrogens is 478 g/mol. The molecule has 0 aromatic heterocycles. The Morgan fingerprint density at radius 3 is 2.34 bits per heavy atom. The van der Waals surface area contributed by atoms with Gasteiger partial charge in [-0.05, 0) is 43.0 Å². The molecular formula is C30H39N5O3. The van der Waals surface area contributed by atoms with Gasteiger partial charge in [0.05, 0.1) is 17.8 Å². The molecule has 1 saturated carbocycles. The molecule has 3 aliphatic rings. The number of nitrogens with zero attached hydrogens (tertiary/aromatic N) is 3. The molecule has 2 saturated heterocycles. The molecule has 0 spiro atoms. The van der Waals surface area contributed by atoms with Crippen molar-refractivity contribution in [3.63, 3.8) is 0 Å². The molecule has 3 fully saturated rings. The molecule has 8 nitrogen and oxygen atoms in total. The van der Waals surface area contributed by atoms with E-state index in [2.05, 4.69) is 15.5 Å². The van der Waals surface area contributed by atoms with Gasteiger partial charge in [0.2, 0.25) is 11.8 Å². The minimum absolute atomic E-state index is 0.00275. The van der Waals surface area contributed by atoms with Crippen molar-refractivity contribution in [2.24, 2.45) is 5.92 Å². The number of hydrogen-bond donors (Lipinski definition) is 2. The molecule has 0 bridgehead atoms. The monoisotopic (exact) mass is 517 g/mol. The summed E-state index contributed by atoms with van der Waals surface area (Å²) in [6.45, 7) is 5.76. The van der Waals surface area contributed by atoms with E-state index < -0.39 is 0 Å². The van der Waals surface area contributed by atoms with Crippen molar-refractivity contribution < 1.29 is 14.4 Å². The van der Waals surface area contributed by atoms with Crippen LogP contribution < -0.4 is 15.5 Å². The van der Waals surface area contributed by atoms with Crippen LogP contribution >= 0.6 is 0 Å². The fourth-order valence-corrected chi connectivity index (χ4v) is 5.81. The predicted molar refractivity (Wildman–Crippen MR) is 149 cm³/mol. The molecule has 2 aromatic rings. The largest absolute Gasteiger partial charge is 0.368 e. The van der Waals surface area contributed by atoms with E-state index in [-0.39, 0.29) is 23.6 Å². The molecule has 0 unspecified atom stereocenters. The molecule has 0 atom stereocenters. The maximum atomic E-state index is 13.2. The Morgan fingerprint density at radius 1 is 0.816 bits per heavy atom. The number of amides is 3. The van der Waals surface area contributed by atoms with Gasteiger partial charge in [0.25, 0.3) is 5.91 Å². The van der Waals surface area contributed by atoms with Crippen LogP contribution in [-0.2, 0) is 16.0 Å². The Kier molecular flexibility index (Phi) is 8.58. The van der Waals surface area contributed by atoms with E-state index in [1.165, 1.54) is 0 Å². The highest BCUT2D eigenvalue weighted by Gasteiger charge is 2.27. The van der Waals surface area contributed by atoms with Crippen LogP contribution in [0.3, 0.4) is 0 Å². The summed E-state index contributed by atoms with van der Waals surface area (Å²) in [4.78, 5) is 45.4. The number of piperazine rings is 1. The summed E-state index contributed by atoms with van der Waals surface area (Å²) in [7, 11) is 0. The fraction of sp³-hybridized carbons (Fsp3) is 0.500. The van der Waals surface area contributed by atoms with Gasteiger partial charge >= 0.3 is 0 Å². The van der Waals surface area contributed by atoms with Gasteiger partial charge in [-0.15, -0.1) is 0 Å². The number of nitrogens with one attached hydrogen (secondary N) is 2. The van der Waals surface area contributed by atoms with Gasteiger partial charge in [-0.25, -0.2) is 0 Å². The molecule has 2 aliphatic heterocycles. The standard InChI is InChI=1S/C30H39N5O3/c36-28(21-23-7-2-1-3-8-23)34-16-6-15-33(19-20-34)27-12-11-25(30(38)35-17-13-31-14-18-35)22-26(27)32-29(37)24-9-4-5-10-24/h1-3,7-8,11-12,22,24,31H,4-6,9-10,13-21H2,(H,32,37). The fourth-order valence-electron chi connectivity index (χ4n) is 5.81. The Balaban J connectivity index is 1.32. The second-order valence-electron chi connectivity index (χ2n) is 10.6. The van der Waals surface area contributed by atoms with Crippen molar-refractivity contribution in [3.05, 3.63) is 59.7 Å². The van der Waals surface area contributed by atoms with E-state index >= 15 is 0 Å². The van der Waals surface area contributed by atoms with E-state index in [9.17, 15) is 14.4 Å². The minimum Gasteiger partial charge on any atom is -0.368 e. The highest BCUT2D eigenvalue weighted by molar-refractivity contribution is 6.00. The molecule has 1 aliphatic carbocycles. The van der Waals surface area contributed by atoms with Crippen molar-refractivity contribution in [2.75, 3.05) is 62.6 Å². The van der Waals surface area contributed by atoms with E-state index in [1.807, 2.05) is 58.3 Å². The van der Waals surface area contributed by atoms with Crippen molar-refractivity contribution in [1.82, 2.24) is 15.1 Å². The summed E-state index contributed by atoms with van der Waals surface area (Å²) in [5, 5.41) is 6.48. The smallest absolute Gasteiger partial charge is 0.254 e. The van der Waals surface area contributed by atoms with Crippen molar-refractivity contribution in [1.29, 1.82) is 0 Å². The molecule has 5 rings (SSSR count). The molecule has 3 amide bonds. The Bertz CT molecular complexity index is 1130. The first kappa shape index (κ1) is 26.2. The third-order valence-corrected chi connectivity index (χ3v) is 8.02. The summed E-state index contributed by atoms with van der Waals surface area (Å²) in [6, 6.07) is 15.6. The van der Waals surface area contributed by atoms with Crippen LogP contribution in [0, 0.1) is 5.92 Å². The van der Waals surface area contributed by atoms with Gasteiger partial charge in [0.15, 0.2) is 0 Å². The summed E-state index contributed by atoms with van der Waals surface area (Å²) < 4.78 is 0. The molecule has 2 N–H and O–H groups in total. The predicted octanol–water partition coefficient (Wildman–Crippen LogP) is 3.14. The Hall–Kier alpha value is -3.39. The number of benzene rings is 2. The normalized spacial score (nSPS) is 18.8. The third-order valence-electron chi connectivity index (χ3n) is 8.02. The zero-order valence-corrected chi connectivity index (χ0v) is 22.2. The van der Waals surface area contributed by atoms with Gasteiger partial charge in [-0.3, -0.25) is 14.4 Å². The molecule has 202 valence electrons. The zero-order chi connectivity index (χ0) is 26.3. The molecule has 0 radical (unpaired) electrons. The maximum Gasteiger partial charge on any atom is 0.254 e. The maximum absolute atomic E-state index is 13.2. The summed E-state index contributed by atoms with van der Waals surface area (Å²) in [5.74, 6) is 0.225. The van der Waals surface area contributed by atoms with E-state index in [0.717, 1.165) is 63.0 Å². The lowest BCUT2D eigenvalue weighted by Crippen LogP contribution is -2.46. The highest BCUT2D eigenvalue weighted by atomic mass is 16.2. The van der Waals surface area contributed by atoms with Crippen LogP contribution in [0.5, 0.6) is 0 Å². The van der Waals surface area contributed by atoms with Crippen LogP contribution in [0.25, 0.3) is 0 Å². The van der Waals surface area contributed by atoms with Gasteiger partial charge in [-0.1, -0.05) is 43.2 Å². The van der Waals surface area contributed by atoms with E-state index in [0.29, 0.717) is 50.4 Å². The van der Waals surface area contributed by atoms with Crippen LogP contribution in [-0.4, -0.2) is 79.9 Å². The molecule has 8 heteroatoms. The Labute approximate surface area is 225 Å². The zero-order valence-electron chi connectivity index (χ0n) is 22.2. The summed E-state index contributed by atoms with van der Waals surface area (Å²) in [6.07, 6.45) is 5.27. The van der Waals surface area contributed by atoms with E-state index in [1.54, 1.807) is 0 Å². The van der Waals surface area contributed by atoms with Gasteiger partial charge < -0.3 is 25.3 Å². The first-order chi connectivity index (χ1) is 18.6. The number of carbonyl (C=O) groups is 3. The topological polar surface area (TPSA) is 85.0 Å². The second-order valence-corrected chi connectivity index (χ2v) is 10.6. The van der Waals surface area contributed by atoms with E-state index in [4.69, 9.17) is 0 Å². The summed E-state index contributed by atoms with van der Waals surface area (Å²) in [5.41, 5.74) is 3.25. The van der Waals surface area contributed by atoms with Crippen molar-refractivity contribution in [3.8, 4) is 0 Å². The lowest BCUT2D eigenvalue weighted by molar-refractivity contribution is -0.130. The second kappa shape index (κ2) is 12.4. The Morgan fingerprint density at radius 2 is 1.58 bits per heavy atom. The van der Waals surface area contributed by atoms with Crippen LogP contribution in [0.4, 0.5) is 11.4 Å². The average molecular weight is 518 g/mol. The quantitative estimate of drug-likeness (QED) is 0.615. The van der Waals surface area contributed by atoms with Gasteiger partial charge in [-0.2, -0.15) is 0 Å².